The molecule has 1 N–H and O–H groups in total. The van der Waals surface area contributed by atoms with Crippen LogP contribution in [0, 0.1) is 0 Å². The van der Waals surface area contributed by atoms with Crippen LogP contribution in [0.1, 0.15) is 39.5 Å². The lowest BCUT2D eigenvalue weighted by atomic mass is 10.1. The minimum Gasteiger partial charge on any atom is -0.354 e. The Labute approximate surface area is 111 Å². The highest BCUT2D eigenvalue weighted by molar-refractivity contribution is 9.10. The van der Waals surface area contributed by atoms with Gasteiger partial charge in [-0.25, -0.2) is 0 Å². The molecule has 17 heavy (non-hydrogen) atoms. The van der Waals surface area contributed by atoms with Gasteiger partial charge in [-0.1, -0.05) is 15.9 Å². The summed E-state index contributed by atoms with van der Waals surface area (Å²) in [5, 5.41) is 2.76. The number of hydrogen-bond acceptors (Lipinski definition) is 2. The summed E-state index contributed by atoms with van der Waals surface area (Å²) in [4.78, 5) is 25.2. The smallest absolute Gasteiger partial charge is 0.236 e. The third-order valence-electron chi connectivity index (χ3n) is 2.87. The van der Waals surface area contributed by atoms with Gasteiger partial charge in [-0.3, -0.25) is 9.59 Å². The van der Waals surface area contributed by atoms with Gasteiger partial charge in [-0.15, -0.1) is 0 Å². The van der Waals surface area contributed by atoms with Crippen LogP contribution in [0.5, 0.6) is 0 Å². The van der Waals surface area contributed by atoms with Crippen molar-refractivity contribution in [3.8, 4) is 0 Å². The summed E-state index contributed by atoms with van der Waals surface area (Å²) in [5.41, 5.74) is 0. The van der Waals surface area contributed by atoms with Crippen LogP contribution in [0.4, 0.5) is 0 Å². The van der Waals surface area contributed by atoms with Crippen LogP contribution in [0.3, 0.4) is 0 Å². The Hall–Kier alpha value is -0.580. The fourth-order valence-corrected chi connectivity index (χ4v) is 1.93. The van der Waals surface area contributed by atoms with Gasteiger partial charge in [-0.2, -0.15) is 0 Å². The Morgan fingerprint density at radius 1 is 1.24 bits per heavy atom. The number of piperidine rings is 1. The number of likely N-dealkylation sites (tertiary alicyclic amines) is 1. The van der Waals surface area contributed by atoms with E-state index in [4.69, 9.17) is 0 Å². The first-order chi connectivity index (χ1) is 7.91. The second-order valence-corrected chi connectivity index (χ2v) is 6.90. The van der Waals surface area contributed by atoms with E-state index < -0.39 is 4.32 Å². The molecule has 1 heterocycles. The molecule has 0 spiro atoms. The number of alkyl halides is 1. The molecule has 98 valence electrons. The zero-order valence-corrected chi connectivity index (χ0v) is 12.2. The molecular weight excluding hydrogens is 284 g/mol. The predicted molar refractivity (Wildman–Crippen MR) is 71.1 cm³/mol. The highest BCUT2D eigenvalue weighted by Gasteiger charge is 2.23. The van der Waals surface area contributed by atoms with E-state index in [2.05, 4.69) is 21.2 Å². The third-order valence-corrected chi connectivity index (χ3v) is 3.23. The van der Waals surface area contributed by atoms with Crippen LogP contribution in [0.15, 0.2) is 0 Å². The normalized spacial score (nSPS) is 16.8. The first kappa shape index (κ1) is 14.5. The maximum Gasteiger partial charge on any atom is 0.236 e. The molecule has 0 bridgehead atoms. The molecule has 1 aliphatic heterocycles. The quantitative estimate of drug-likeness (QED) is 0.803. The summed E-state index contributed by atoms with van der Waals surface area (Å²) in [5.74, 6) is 0.0707. The molecule has 0 aromatic carbocycles. The number of rotatable bonds is 4. The standard InChI is InChI=1S/C12H21BrN2O2/c1-12(2,13)11(17)14-7-6-10(16)15-8-4-3-5-9-15/h3-9H2,1-2H3,(H,14,17). The van der Waals surface area contributed by atoms with E-state index in [1.807, 2.05) is 4.90 Å². The molecular formula is C12H21BrN2O2. The van der Waals surface area contributed by atoms with Gasteiger partial charge >= 0.3 is 0 Å². The van der Waals surface area contributed by atoms with E-state index in [-0.39, 0.29) is 11.8 Å². The molecule has 0 saturated carbocycles. The predicted octanol–water partition coefficient (Wildman–Crippen LogP) is 1.68. The summed E-state index contributed by atoms with van der Waals surface area (Å²) in [6.45, 7) is 5.74. The minimum atomic E-state index is -0.568. The average molecular weight is 305 g/mol. The van der Waals surface area contributed by atoms with Crippen LogP contribution in [-0.4, -0.2) is 40.7 Å². The molecule has 0 unspecified atom stereocenters. The molecule has 0 radical (unpaired) electrons. The molecule has 0 aromatic rings. The number of carbonyl (C=O) groups is 2. The van der Waals surface area contributed by atoms with E-state index in [9.17, 15) is 9.59 Å². The van der Waals surface area contributed by atoms with E-state index in [1.165, 1.54) is 6.42 Å². The van der Waals surface area contributed by atoms with Gasteiger partial charge in [0.15, 0.2) is 0 Å². The molecule has 0 aliphatic carbocycles. The van der Waals surface area contributed by atoms with Crippen molar-refractivity contribution in [2.75, 3.05) is 19.6 Å². The van der Waals surface area contributed by atoms with Crippen molar-refractivity contribution in [3.05, 3.63) is 0 Å². The van der Waals surface area contributed by atoms with Gasteiger partial charge in [0.2, 0.25) is 11.8 Å². The maximum atomic E-state index is 11.8. The Balaban J connectivity index is 2.22. The lowest BCUT2D eigenvalue weighted by Gasteiger charge is -2.27. The van der Waals surface area contributed by atoms with Crippen LogP contribution >= 0.6 is 15.9 Å². The van der Waals surface area contributed by atoms with Gasteiger partial charge in [0, 0.05) is 26.1 Å². The van der Waals surface area contributed by atoms with Gasteiger partial charge in [-0.05, 0) is 33.1 Å². The maximum absolute atomic E-state index is 11.8. The molecule has 1 rings (SSSR count). The van der Waals surface area contributed by atoms with Crippen molar-refractivity contribution in [2.45, 2.75) is 43.9 Å². The lowest BCUT2D eigenvalue weighted by molar-refractivity contribution is -0.132. The summed E-state index contributed by atoms with van der Waals surface area (Å²) in [7, 11) is 0. The van der Waals surface area contributed by atoms with E-state index >= 15 is 0 Å². The summed E-state index contributed by atoms with van der Waals surface area (Å²) >= 11 is 3.28. The van der Waals surface area contributed by atoms with Crippen molar-refractivity contribution in [2.24, 2.45) is 0 Å². The highest BCUT2D eigenvalue weighted by Crippen LogP contribution is 2.15. The van der Waals surface area contributed by atoms with Crippen molar-refractivity contribution in [1.82, 2.24) is 10.2 Å². The number of halogens is 1. The van der Waals surface area contributed by atoms with Gasteiger partial charge in [0.1, 0.15) is 0 Å². The second kappa shape index (κ2) is 6.38. The summed E-state index contributed by atoms with van der Waals surface area (Å²) in [6, 6.07) is 0. The number of hydrogen-bond donors (Lipinski definition) is 1. The third kappa shape index (κ3) is 5.06. The molecule has 4 nitrogen and oxygen atoms in total. The molecule has 1 fully saturated rings. The number of carbonyl (C=O) groups excluding carboxylic acids is 2. The van der Waals surface area contributed by atoms with E-state index in [1.54, 1.807) is 13.8 Å². The summed E-state index contributed by atoms with van der Waals surface area (Å²) < 4.78 is -0.568. The molecule has 0 aromatic heterocycles. The molecule has 1 saturated heterocycles. The van der Waals surface area contributed by atoms with Crippen LogP contribution in [0.25, 0.3) is 0 Å². The zero-order chi connectivity index (χ0) is 12.9. The molecule has 0 atom stereocenters. The lowest BCUT2D eigenvalue weighted by Crippen LogP contribution is -2.41. The van der Waals surface area contributed by atoms with Crippen LogP contribution in [-0.2, 0) is 9.59 Å². The van der Waals surface area contributed by atoms with Gasteiger partial charge in [0.25, 0.3) is 0 Å². The molecule has 2 amide bonds. The molecule has 1 aliphatic rings. The highest BCUT2D eigenvalue weighted by atomic mass is 79.9. The fourth-order valence-electron chi connectivity index (χ4n) is 1.79. The number of amides is 2. The fraction of sp³-hybridized carbons (Fsp3) is 0.833. The molecule has 5 heteroatoms. The minimum absolute atomic E-state index is 0.0797. The van der Waals surface area contributed by atoms with Crippen molar-refractivity contribution < 1.29 is 9.59 Å². The van der Waals surface area contributed by atoms with Crippen LogP contribution in [0.2, 0.25) is 0 Å². The first-order valence-electron chi connectivity index (χ1n) is 6.16. The Morgan fingerprint density at radius 2 is 1.82 bits per heavy atom. The van der Waals surface area contributed by atoms with Gasteiger partial charge < -0.3 is 10.2 Å². The Bertz CT molecular complexity index is 281. The van der Waals surface area contributed by atoms with Crippen molar-refractivity contribution >= 4 is 27.7 Å². The largest absolute Gasteiger partial charge is 0.354 e. The summed E-state index contributed by atoms with van der Waals surface area (Å²) in [6.07, 6.45) is 3.83. The number of nitrogens with zero attached hydrogens (tertiary/aromatic N) is 1. The number of nitrogens with one attached hydrogen (secondary N) is 1. The zero-order valence-electron chi connectivity index (χ0n) is 10.6. The topological polar surface area (TPSA) is 49.4 Å². The first-order valence-corrected chi connectivity index (χ1v) is 6.95. The Morgan fingerprint density at radius 3 is 2.35 bits per heavy atom. The van der Waals surface area contributed by atoms with Crippen molar-refractivity contribution in [3.63, 3.8) is 0 Å². The average Bonchev–Trinajstić information content (AvgIpc) is 2.28. The van der Waals surface area contributed by atoms with Gasteiger partial charge in [0.05, 0.1) is 4.32 Å². The van der Waals surface area contributed by atoms with Crippen LogP contribution < -0.4 is 5.32 Å². The SMILES string of the molecule is CC(C)(Br)C(=O)NCCC(=O)N1CCCCC1. The van der Waals surface area contributed by atoms with Crippen molar-refractivity contribution in [1.29, 1.82) is 0 Å². The monoisotopic (exact) mass is 304 g/mol. The van der Waals surface area contributed by atoms with E-state index in [0.717, 1.165) is 25.9 Å². The second-order valence-electron chi connectivity index (χ2n) is 4.92. The van der Waals surface area contributed by atoms with E-state index in [0.29, 0.717) is 13.0 Å². The Kier molecular flexibility index (Phi) is 5.43.